The number of aliphatic carboxylic acids is 1. The van der Waals surface area contributed by atoms with Crippen molar-refractivity contribution >= 4 is 5.97 Å². The molecule has 1 aliphatic heterocycles. The number of nitrogens with zero attached hydrogens (tertiary/aromatic N) is 2. The molecule has 1 N–H and O–H groups in total. The zero-order valence-electron chi connectivity index (χ0n) is 11.6. The van der Waals surface area contributed by atoms with Gasteiger partial charge in [0.1, 0.15) is 0 Å². The molecule has 0 spiro atoms. The molecule has 1 atom stereocenters. The van der Waals surface area contributed by atoms with Crippen molar-refractivity contribution in [3.8, 4) is 0 Å². The summed E-state index contributed by atoms with van der Waals surface area (Å²) in [5.74, 6) is -0.696. The highest BCUT2D eigenvalue weighted by Crippen LogP contribution is 2.25. The predicted molar refractivity (Wildman–Crippen MR) is 69.2 cm³/mol. The molecule has 0 amide bonds. The van der Waals surface area contributed by atoms with Gasteiger partial charge in [-0.2, -0.15) is 0 Å². The van der Waals surface area contributed by atoms with Crippen LogP contribution in [0.5, 0.6) is 0 Å². The Morgan fingerprint density at radius 1 is 1.47 bits per heavy atom. The van der Waals surface area contributed by atoms with Crippen molar-refractivity contribution in [1.29, 1.82) is 0 Å². The smallest absolute Gasteiger partial charge is 0.304 e. The predicted octanol–water partition coefficient (Wildman–Crippen LogP) is 1.66. The Labute approximate surface area is 105 Å². The van der Waals surface area contributed by atoms with Crippen LogP contribution in [0.2, 0.25) is 0 Å². The number of carboxylic acid groups (broad SMARTS) is 1. The maximum Gasteiger partial charge on any atom is 0.304 e. The average Bonchev–Trinajstić information content (AvgIpc) is 2.31. The summed E-state index contributed by atoms with van der Waals surface area (Å²) in [5.41, 5.74) is 0.178. The molecule has 0 aromatic heterocycles. The number of hydrogen-bond acceptors (Lipinski definition) is 3. The highest BCUT2D eigenvalue weighted by atomic mass is 16.4. The fraction of sp³-hybridized carbons (Fsp3) is 0.923. The summed E-state index contributed by atoms with van der Waals surface area (Å²) < 4.78 is 0. The molecule has 0 saturated carbocycles. The Morgan fingerprint density at radius 2 is 2.12 bits per heavy atom. The second kappa shape index (κ2) is 5.83. The van der Waals surface area contributed by atoms with Crippen molar-refractivity contribution in [1.82, 2.24) is 9.80 Å². The molecule has 17 heavy (non-hydrogen) atoms. The lowest BCUT2D eigenvalue weighted by Gasteiger charge is -2.37. The van der Waals surface area contributed by atoms with Crippen molar-refractivity contribution in [2.45, 2.75) is 51.6 Å². The summed E-state index contributed by atoms with van der Waals surface area (Å²) in [6, 6.07) is 0.140. The van der Waals surface area contributed by atoms with Gasteiger partial charge >= 0.3 is 5.97 Å². The lowest BCUT2D eigenvalue weighted by Crippen LogP contribution is -2.47. The van der Waals surface area contributed by atoms with E-state index in [4.69, 9.17) is 5.11 Å². The summed E-state index contributed by atoms with van der Waals surface area (Å²) in [6.45, 7) is 9.60. The third-order valence-corrected chi connectivity index (χ3v) is 3.89. The minimum Gasteiger partial charge on any atom is -0.481 e. The van der Waals surface area contributed by atoms with E-state index in [0.29, 0.717) is 0 Å². The van der Waals surface area contributed by atoms with Crippen molar-refractivity contribution in [3.05, 3.63) is 0 Å². The summed E-state index contributed by atoms with van der Waals surface area (Å²) >= 11 is 0. The number of rotatable bonds is 4. The van der Waals surface area contributed by atoms with Crippen LogP contribution in [0.15, 0.2) is 0 Å². The largest absolute Gasteiger partial charge is 0.481 e. The van der Waals surface area contributed by atoms with E-state index in [2.05, 4.69) is 30.6 Å². The van der Waals surface area contributed by atoms with Gasteiger partial charge in [0.2, 0.25) is 0 Å². The molecule has 0 aliphatic carbocycles. The lowest BCUT2D eigenvalue weighted by atomic mass is 9.98. The minimum atomic E-state index is -0.696. The van der Waals surface area contributed by atoms with Crippen LogP contribution >= 0.6 is 0 Å². The van der Waals surface area contributed by atoms with Gasteiger partial charge in [-0.1, -0.05) is 6.92 Å². The molecule has 1 saturated heterocycles. The van der Waals surface area contributed by atoms with Crippen LogP contribution in [-0.2, 0) is 4.79 Å². The van der Waals surface area contributed by atoms with Crippen LogP contribution in [-0.4, -0.2) is 59.1 Å². The van der Waals surface area contributed by atoms with Gasteiger partial charge in [-0.25, -0.2) is 0 Å². The summed E-state index contributed by atoms with van der Waals surface area (Å²) in [5, 5.41) is 8.98. The van der Waals surface area contributed by atoms with Crippen LogP contribution in [0.4, 0.5) is 0 Å². The van der Waals surface area contributed by atoms with Crippen LogP contribution < -0.4 is 0 Å². The first kappa shape index (κ1) is 14.5. The second-order valence-electron chi connectivity index (χ2n) is 5.74. The Hall–Kier alpha value is -0.610. The van der Waals surface area contributed by atoms with Gasteiger partial charge in [-0.05, 0) is 46.8 Å². The Morgan fingerprint density at radius 3 is 2.65 bits per heavy atom. The van der Waals surface area contributed by atoms with E-state index in [1.54, 1.807) is 0 Å². The summed E-state index contributed by atoms with van der Waals surface area (Å²) in [6.07, 6.45) is 2.46. The Bertz CT molecular complexity index is 266. The molecule has 1 aliphatic rings. The highest BCUT2D eigenvalue weighted by molar-refractivity contribution is 5.67. The quantitative estimate of drug-likeness (QED) is 0.814. The van der Waals surface area contributed by atoms with Crippen LogP contribution in [0.3, 0.4) is 0 Å². The van der Waals surface area contributed by atoms with Gasteiger partial charge in [0.05, 0.1) is 6.42 Å². The van der Waals surface area contributed by atoms with Gasteiger partial charge in [-0.15, -0.1) is 0 Å². The van der Waals surface area contributed by atoms with E-state index >= 15 is 0 Å². The number of carbonyl (C=O) groups is 1. The fourth-order valence-corrected chi connectivity index (χ4v) is 2.52. The molecule has 0 aromatic rings. The standard InChI is InChI=1S/C13H26N2O2/c1-5-7-15-10-11(9-12(16)17)14(4)8-6-13(15,2)3/h11H,5-10H2,1-4H3,(H,16,17). The van der Waals surface area contributed by atoms with E-state index in [-0.39, 0.29) is 18.0 Å². The second-order valence-corrected chi connectivity index (χ2v) is 5.74. The van der Waals surface area contributed by atoms with Crippen molar-refractivity contribution in [2.24, 2.45) is 0 Å². The van der Waals surface area contributed by atoms with Gasteiger partial charge in [0.25, 0.3) is 0 Å². The SMILES string of the molecule is CCCN1CC(CC(=O)O)N(C)CCC1(C)C. The van der Waals surface area contributed by atoms with Crippen LogP contribution in [0.1, 0.15) is 40.0 Å². The molecule has 1 heterocycles. The maximum absolute atomic E-state index is 10.9. The maximum atomic E-state index is 10.9. The molecule has 1 rings (SSSR count). The lowest BCUT2D eigenvalue weighted by molar-refractivity contribution is -0.138. The van der Waals surface area contributed by atoms with E-state index < -0.39 is 5.97 Å². The summed E-state index contributed by atoms with van der Waals surface area (Å²) in [7, 11) is 2.04. The molecule has 100 valence electrons. The Balaban J connectivity index is 2.77. The molecule has 1 fully saturated rings. The first-order valence-electron chi connectivity index (χ1n) is 6.54. The van der Waals surface area contributed by atoms with Crippen molar-refractivity contribution < 1.29 is 9.90 Å². The molecule has 1 unspecified atom stereocenters. The van der Waals surface area contributed by atoms with Crippen molar-refractivity contribution in [2.75, 3.05) is 26.7 Å². The van der Waals surface area contributed by atoms with E-state index in [1.165, 1.54) is 0 Å². The number of hydrogen-bond donors (Lipinski definition) is 1. The van der Waals surface area contributed by atoms with Crippen LogP contribution in [0.25, 0.3) is 0 Å². The van der Waals surface area contributed by atoms with Crippen molar-refractivity contribution in [3.63, 3.8) is 0 Å². The first-order valence-corrected chi connectivity index (χ1v) is 6.54. The highest BCUT2D eigenvalue weighted by Gasteiger charge is 2.34. The topological polar surface area (TPSA) is 43.8 Å². The normalized spacial score (nSPS) is 26.7. The van der Waals surface area contributed by atoms with Gasteiger partial charge in [-0.3, -0.25) is 9.69 Å². The van der Waals surface area contributed by atoms with E-state index in [0.717, 1.165) is 32.5 Å². The zero-order valence-corrected chi connectivity index (χ0v) is 11.6. The van der Waals surface area contributed by atoms with Gasteiger partial charge in [0, 0.05) is 18.1 Å². The average molecular weight is 242 g/mol. The summed E-state index contributed by atoms with van der Waals surface area (Å²) in [4.78, 5) is 15.6. The third kappa shape index (κ3) is 3.96. The van der Waals surface area contributed by atoms with Gasteiger partial charge < -0.3 is 10.0 Å². The molecular formula is C13H26N2O2. The minimum absolute atomic E-state index is 0.140. The monoisotopic (exact) mass is 242 g/mol. The van der Waals surface area contributed by atoms with Crippen LogP contribution in [0, 0.1) is 0 Å². The number of likely N-dealkylation sites (N-methyl/N-ethyl adjacent to an activating group) is 1. The number of carboxylic acids is 1. The van der Waals surface area contributed by atoms with E-state index in [9.17, 15) is 4.79 Å². The molecule has 0 bridgehead atoms. The van der Waals surface area contributed by atoms with Gasteiger partial charge in [0.15, 0.2) is 0 Å². The molecule has 4 heteroatoms. The first-order chi connectivity index (χ1) is 7.86. The molecule has 0 aromatic carbocycles. The molecular weight excluding hydrogens is 216 g/mol. The van der Waals surface area contributed by atoms with E-state index in [1.807, 2.05) is 7.05 Å². The molecule has 0 radical (unpaired) electrons. The fourth-order valence-electron chi connectivity index (χ4n) is 2.52. The molecule has 4 nitrogen and oxygen atoms in total. The third-order valence-electron chi connectivity index (χ3n) is 3.89. The zero-order chi connectivity index (χ0) is 13.1. The Kier molecular flexibility index (Phi) is 4.95.